The molecule has 0 aliphatic carbocycles. The number of carbonyl (C=O) groups excluding carboxylic acids is 1. The number of hydrogen-bond acceptors (Lipinski definition) is 2. The number of nitrogens with one attached hydrogen (secondary N) is 2. The van der Waals surface area contributed by atoms with Gasteiger partial charge < -0.3 is 10.6 Å². The van der Waals surface area contributed by atoms with Gasteiger partial charge in [-0.2, -0.15) is 0 Å². The number of rotatable bonds is 4. The lowest BCUT2D eigenvalue weighted by molar-refractivity contribution is -0.127. The first kappa shape index (κ1) is 13.5. The van der Waals surface area contributed by atoms with E-state index in [1.807, 2.05) is 0 Å². The average Bonchev–Trinajstić information content (AvgIpc) is 2.25. The molecule has 3 unspecified atom stereocenters. The number of hydrogen-bond donors (Lipinski definition) is 2. The summed E-state index contributed by atoms with van der Waals surface area (Å²) in [7, 11) is 0. The molecule has 3 nitrogen and oxygen atoms in total. The van der Waals surface area contributed by atoms with E-state index in [0.29, 0.717) is 18.0 Å². The Kier molecular flexibility index (Phi) is 5.26. The van der Waals surface area contributed by atoms with Crippen molar-refractivity contribution >= 4 is 5.91 Å². The molecule has 94 valence electrons. The van der Waals surface area contributed by atoms with Gasteiger partial charge in [0.25, 0.3) is 0 Å². The monoisotopic (exact) mass is 226 g/mol. The molecule has 1 aliphatic rings. The molecule has 0 spiro atoms. The fourth-order valence-corrected chi connectivity index (χ4v) is 2.41. The molecule has 0 aromatic heterocycles. The second-order valence-corrected chi connectivity index (χ2v) is 5.34. The van der Waals surface area contributed by atoms with Gasteiger partial charge in [0.05, 0.1) is 0 Å². The van der Waals surface area contributed by atoms with Gasteiger partial charge in [-0.3, -0.25) is 4.79 Å². The van der Waals surface area contributed by atoms with Crippen LogP contribution in [0.15, 0.2) is 0 Å². The van der Waals surface area contributed by atoms with Crippen LogP contribution in [0, 0.1) is 11.8 Å². The van der Waals surface area contributed by atoms with Crippen molar-refractivity contribution in [3.63, 3.8) is 0 Å². The van der Waals surface area contributed by atoms with E-state index in [2.05, 4.69) is 38.3 Å². The molecule has 1 amide bonds. The van der Waals surface area contributed by atoms with Crippen molar-refractivity contribution in [2.45, 2.75) is 59.0 Å². The molecule has 3 heteroatoms. The molecule has 0 aromatic rings. The molecule has 16 heavy (non-hydrogen) atoms. The van der Waals surface area contributed by atoms with Crippen molar-refractivity contribution in [2.24, 2.45) is 11.8 Å². The Hall–Kier alpha value is -0.570. The second-order valence-electron chi connectivity index (χ2n) is 5.34. The minimum Gasteiger partial charge on any atom is -0.353 e. The Morgan fingerprint density at radius 3 is 2.69 bits per heavy atom. The van der Waals surface area contributed by atoms with E-state index >= 15 is 0 Å². The van der Waals surface area contributed by atoms with Gasteiger partial charge in [-0.05, 0) is 38.6 Å². The van der Waals surface area contributed by atoms with E-state index < -0.39 is 0 Å². The van der Waals surface area contributed by atoms with Crippen molar-refractivity contribution in [3.8, 4) is 0 Å². The lowest BCUT2D eigenvalue weighted by atomic mass is 9.91. The first-order chi connectivity index (χ1) is 7.54. The van der Waals surface area contributed by atoms with Crippen LogP contribution in [0.5, 0.6) is 0 Å². The van der Waals surface area contributed by atoms with E-state index in [1.165, 1.54) is 0 Å². The lowest BCUT2D eigenvalue weighted by Gasteiger charge is -2.29. The molecule has 1 fully saturated rings. The molecule has 2 N–H and O–H groups in total. The first-order valence-corrected chi connectivity index (χ1v) is 6.58. The lowest BCUT2D eigenvalue weighted by Crippen LogP contribution is -2.46. The highest BCUT2D eigenvalue weighted by atomic mass is 16.1. The zero-order valence-corrected chi connectivity index (χ0v) is 11.0. The maximum atomic E-state index is 12.1. The van der Waals surface area contributed by atoms with Crippen molar-refractivity contribution < 1.29 is 4.79 Å². The summed E-state index contributed by atoms with van der Waals surface area (Å²) in [6.07, 6.45) is 2.97. The third-order valence-electron chi connectivity index (χ3n) is 3.57. The van der Waals surface area contributed by atoms with E-state index in [0.717, 1.165) is 25.8 Å². The molecular weight excluding hydrogens is 200 g/mol. The van der Waals surface area contributed by atoms with E-state index in [1.54, 1.807) is 0 Å². The molecule has 1 saturated heterocycles. The second kappa shape index (κ2) is 6.24. The minimum absolute atomic E-state index is 0.212. The van der Waals surface area contributed by atoms with Crippen LogP contribution in [-0.4, -0.2) is 24.5 Å². The summed E-state index contributed by atoms with van der Waals surface area (Å²) < 4.78 is 0. The van der Waals surface area contributed by atoms with Crippen LogP contribution >= 0.6 is 0 Å². The zero-order chi connectivity index (χ0) is 12.1. The SMILES string of the molecule is CCC(NC(=O)C1CCNC(C)C1)C(C)C. The summed E-state index contributed by atoms with van der Waals surface area (Å²) in [5.74, 6) is 0.992. The Morgan fingerprint density at radius 2 is 2.19 bits per heavy atom. The Labute approximate surface area is 99.4 Å². The normalized spacial score (nSPS) is 27.8. The molecule has 1 aliphatic heterocycles. The third-order valence-corrected chi connectivity index (χ3v) is 3.57. The molecule has 0 aromatic carbocycles. The molecular formula is C13H26N2O. The molecule has 0 saturated carbocycles. The molecule has 1 rings (SSSR count). The fourth-order valence-electron chi connectivity index (χ4n) is 2.41. The van der Waals surface area contributed by atoms with Gasteiger partial charge in [0, 0.05) is 18.0 Å². The molecule has 3 atom stereocenters. The smallest absolute Gasteiger partial charge is 0.223 e. The van der Waals surface area contributed by atoms with Crippen LogP contribution in [0.25, 0.3) is 0 Å². The van der Waals surface area contributed by atoms with Crippen LogP contribution in [-0.2, 0) is 4.79 Å². The summed E-state index contributed by atoms with van der Waals surface area (Å²) in [6, 6.07) is 0.807. The van der Waals surface area contributed by atoms with Gasteiger partial charge in [0.1, 0.15) is 0 Å². The van der Waals surface area contributed by atoms with Gasteiger partial charge in [-0.25, -0.2) is 0 Å². The van der Waals surface area contributed by atoms with Crippen molar-refractivity contribution in [1.29, 1.82) is 0 Å². The molecule has 0 radical (unpaired) electrons. The van der Waals surface area contributed by atoms with E-state index in [-0.39, 0.29) is 11.8 Å². The highest BCUT2D eigenvalue weighted by molar-refractivity contribution is 5.79. The van der Waals surface area contributed by atoms with Crippen LogP contribution in [0.1, 0.15) is 47.0 Å². The molecule has 0 bridgehead atoms. The van der Waals surface area contributed by atoms with E-state index in [9.17, 15) is 4.79 Å². The summed E-state index contributed by atoms with van der Waals surface area (Å²) in [5, 5.41) is 6.57. The summed E-state index contributed by atoms with van der Waals surface area (Å²) >= 11 is 0. The Bertz CT molecular complexity index is 228. The van der Waals surface area contributed by atoms with Gasteiger partial charge in [0.15, 0.2) is 0 Å². The van der Waals surface area contributed by atoms with E-state index in [4.69, 9.17) is 0 Å². The topological polar surface area (TPSA) is 41.1 Å². The summed E-state index contributed by atoms with van der Waals surface area (Å²) in [4.78, 5) is 12.1. The van der Waals surface area contributed by atoms with Crippen LogP contribution in [0.2, 0.25) is 0 Å². The van der Waals surface area contributed by atoms with Crippen LogP contribution < -0.4 is 10.6 Å². The van der Waals surface area contributed by atoms with Gasteiger partial charge in [-0.1, -0.05) is 20.8 Å². The summed E-state index contributed by atoms with van der Waals surface area (Å²) in [6.45, 7) is 9.59. The Balaban J connectivity index is 2.44. The van der Waals surface area contributed by atoms with Crippen molar-refractivity contribution in [3.05, 3.63) is 0 Å². The average molecular weight is 226 g/mol. The number of piperidine rings is 1. The zero-order valence-electron chi connectivity index (χ0n) is 11.0. The minimum atomic E-state index is 0.212. The summed E-state index contributed by atoms with van der Waals surface area (Å²) in [5.41, 5.74) is 0. The third kappa shape index (κ3) is 3.78. The maximum absolute atomic E-state index is 12.1. The number of carbonyl (C=O) groups is 1. The van der Waals surface area contributed by atoms with Gasteiger partial charge in [0.2, 0.25) is 5.91 Å². The predicted molar refractivity (Wildman–Crippen MR) is 67.2 cm³/mol. The highest BCUT2D eigenvalue weighted by Crippen LogP contribution is 2.17. The van der Waals surface area contributed by atoms with Crippen LogP contribution in [0.3, 0.4) is 0 Å². The fraction of sp³-hybridized carbons (Fsp3) is 0.923. The quantitative estimate of drug-likeness (QED) is 0.769. The molecule has 1 heterocycles. The first-order valence-electron chi connectivity index (χ1n) is 6.58. The highest BCUT2D eigenvalue weighted by Gasteiger charge is 2.26. The number of amides is 1. The van der Waals surface area contributed by atoms with Crippen LogP contribution in [0.4, 0.5) is 0 Å². The van der Waals surface area contributed by atoms with Gasteiger partial charge in [-0.15, -0.1) is 0 Å². The standard InChI is InChI=1S/C13H26N2O/c1-5-12(9(2)3)15-13(16)11-6-7-14-10(4)8-11/h9-12,14H,5-8H2,1-4H3,(H,15,16). The maximum Gasteiger partial charge on any atom is 0.223 e. The Morgan fingerprint density at radius 1 is 1.50 bits per heavy atom. The van der Waals surface area contributed by atoms with Crippen molar-refractivity contribution in [1.82, 2.24) is 10.6 Å². The van der Waals surface area contributed by atoms with Crippen molar-refractivity contribution in [2.75, 3.05) is 6.54 Å². The predicted octanol–water partition coefficient (Wildman–Crippen LogP) is 1.93. The van der Waals surface area contributed by atoms with Gasteiger partial charge >= 0.3 is 0 Å². The largest absolute Gasteiger partial charge is 0.353 e.